The SMILES string of the molecule is CCNC(=NCc1ccc(S(N)(=O)=O)cc1)NCc1ccccc1-n1nc(C)cc1C.I. The quantitative estimate of drug-likeness (QED) is 0.230. The van der Waals surface area contributed by atoms with Gasteiger partial charge in [0.25, 0.3) is 0 Å². The van der Waals surface area contributed by atoms with E-state index in [1.807, 2.05) is 43.7 Å². The van der Waals surface area contributed by atoms with Crippen LogP contribution in [-0.2, 0) is 23.1 Å². The minimum atomic E-state index is -3.69. The number of guanidine groups is 1. The number of primary sulfonamides is 1. The number of aromatic nitrogens is 2. The second kappa shape index (κ2) is 11.4. The number of hydrogen-bond donors (Lipinski definition) is 3. The Bertz CT molecular complexity index is 1170. The molecule has 0 amide bonds. The molecule has 0 bridgehead atoms. The molecule has 0 aliphatic carbocycles. The van der Waals surface area contributed by atoms with Crippen LogP contribution in [0.2, 0.25) is 0 Å². The molecular formula is C22H29IN6O2S. The van der Waals surface area contributed by atoms with Crippen LogP contribution >= 0.6 is 24.0 Å². The number of halogens is 1. The Morgan fingerprint density at radius 1 is 1.09 bits per heavy atom. The average Bonchev–Trinajstić information content (AvgIpc) is 3.07. The smallest absolute Gasteiger partial charge is 0.238 e. The van der Waals surface area contributed by atoms with Crippen LogP contribution in [0.1, 0.15) is 29.4 Å². The predicted octanol–water partition coefficient (Wildman–Crippen LogP) is 3.01. The van der Waals surface area contributed by atoms with E-state index >= 15 is 0 Å². The van der Waals surface area contributed by atoms with Crippen molar-refractivity contribution in [1.82, 2.24) is 20.4 Å². The van der Waals surface area contributed by atoms with Crippen molar-refractivity contribution in [3.63, 3.8) is 0 Å². The lowest BCUT2D eigenvalue weighted by molar-refractivity contribution is 0.598. The Balaban J connectivity index is 0.00000363. The van der Waals surface area contributed by atoms with Gasteiger partial charge in [0.05, 0.1) is 22.8 Å². The number of benzene rings is 2. The van der Waals surface area contributed by atoms with Gasteiger partial charge in [-0.3, -0.25) is 0 Å². The summed E-state index contributed by atoms with van der Waals surface area (Å²) in [5, 5.41) is 16.3. The van der Waals surface area contributed by atoms with Gasteiger partial charge in [-0.1, -0.05) is 30.3 Å². The van der Waals surface area contributed by atoms with E-state index in [-0.39, 0.29) is 28.9 Å². The fraction of sp³-hybridized carbons (Fsp3) is 0.273. The molecule has 4 N–H and O–H groups in total. The van der Waals surface area contributed by atoms with Crippen LogP contribution in [0, 0.1) is 13.8 Å². The van der Waals surface area contributed by atoms with Gasteiger partial charge in [-0.15, -0.1) is 24.0 Å². The van der Waals surface area contributed by atoms with E-state index in [0.29, 0.717) is 19.0 Å². The molecule has 0 saturated heterocycles. The van der Waals surface area contributed by atoms with Gasteiger partial charge >= 0.3 is 0 Å². The number of aliphatic imine (C=N–C) groups is 1. The van der Waals surface area contributed by atoms with Gasteiger partial charge in [-0.2, -0.15) is 5.10 Å². The van der Waals surface area contributed by atoms with Crippen LogP contribution in [0.25, 0.3) is 5.69 Å². The summed E-state index contributed by atoms with van der Waals surface area (Å²) in [6, 6.07) is 16.6. The maximum Gasteiger partial charge on any atom is 0.238 e. The van der Waals surface area contributed by atoms with Crippen LogP contribution < -0.4 is 15.8 Å². The summed E-state index contributed by atoms with van der Waals surface area (Å²) in [5.41, 5.74) is 5.05. The van der Waals surface area contributed by atoms with E-state index in [0.717, 1.165) is 34.7 Å². The number of aryl methyl sites for hydroxylation is 2. The normalized spacial score (nSPS) is 11.7. The first-order valence-electron chi connectivity index (χ1n) is 10.0. The zero-order valence-electron chi connectivity index (χ0n) is 18.4. The molecule has 0 radical (unpaired) electrons. The largest absolute Gasteiger partial charge is 0.357 e. The lowest BCUT2D eigenvalue weighted by atomic mass is 10.1. The molecule has 3 rings (SSSR count). The highest BCUT2D eigenvalue weighted by molar-refractivity contribution is 14.0. The summed E-state index contributed by atoms with van der Waals surface area (Å²) >= 11 is 0. The zero-order chi connectivity index (χ0) is 22.4. The lowest BCUT2D eigenvalue weighted by Gasteiger charge is -2.15. The van der Waals surface area contributed by atoms with Crippen molar-refractivity contribution in [3.8, 4) is 5.69 Å². The Kier molecular flexibility index (Phi) is 9.22. The molecular weight excluding hydrogens is 539 g/mol. The highest BCUT2D eigenvalue weighted by atomic mass is 127. The Morgan fingerprint density at radius 3 is 2.38 bits per heavy atom. The molecule has 3 aromatic rings. The second-order valence-corrected chi connectivity index (χ2v) is 8.77. The van der Waals surface area contributed by atoms with Crippen LogP contribution in [0.3, 0.4) is 0 Å². The van der Waals surface area contributed by atoms with Crippen LogP contribution in [0.5, 0.6) is 0 Å². The highest BCUT2D eigenvalue weighted by Gasteiger charge is 2.10. The van der Waals surface area contributed by atoms with Crippen molar-refractivity contribution >= 4 is 40.0 Å². The van der Waals surface area contributed by atoms with Crippen LogP contribution in [0.4, 0.5) is 0 Å². The van der Waals surface area contributed by atoms with Gasteiger partial charge in [0.15, 0.2) is 5.96 Å². The average molecular weight is 568 g/mol. The van der Waals surface area contributed by atoms with Gasteiger partial charge in [0, 0.05) is 18.8 Å². The molecule has 0 unspecified atom stereocenters. The molecule has 8 nitrogen and oxygen atoms in total. The highest BCUT2D eigenvalue weighted by Crippen LogP contribution is 2.17. The predicted molar refractivity (Wildman–Crippen MR) is 138 cm³/mol. The number of hydrogen-bond acceptors (Lipinski definition) is 4. The van der Waals surface area contributed by atoms with Gasteiger partial charge in [0.2, 0.25) is 10.0 Å². The molecule has 1 heterocycles. The number of para-hydroxylation sites is 1. The Morgan fingerprint density at radius 2 is 1.78 bits per heavy atom. The van der Waals surface area contributed by atoms with Crippen molar-refractivity contribution in [2.45, 2.75) is 38.8 Å². The molecule has 172 valence electrons. The summed E-state index contributed by atoms with van der Waals surface area (Å²) < 4.78 is 24.7. The van der Waals surface area contributed by atoms with Crippen molar-refractivity contribution in [3.05, 3.63) is 77.1 Å². The van der Waals surface area contributed by atoms with Crippen LogP contribution in [-0.4, -0.2) is 30.7 Å². The Hall–Kier alpha value is -2.44. The van der Waals surface area contributed by atoms with E-state index in [1.165, 1.54) is 12.1 Å². The van der Waals surface area contributed by atoms with Crippen LogP contribution in [0.15, 0.2) is 64.5 Å². The number of nitrogens with two attached hydrogens (primary N) is 1. The monoisotopic (exact) mass is 568 g/mol. The van der Waals surface area contributed by atoms with E-state index in [4.69, 9.17) is 5.14 Å². The number of sulfonamides is 1. The van der Waals surface area contributed by atoms with E-state index < -0.39 is 10.0 Å². The summed E-state index contributed by atoms with van der Waals surface area (Å²) in [7, 11) is -3.69. The molecule has 0 spiro atoms. The molecule has 0 aliphatic heterocycles. The summed E-state index contributed by atoms with van der Waals surface area (Å²) in [5.74, 6) is 0.668. The standard InChI is InChI=1S/C22H28N6O2S.HI/c1-4-24-22(25-14-18-9-11-20(12-10-18)31(23,29)30)26-15-19-7-5-6-8-21(19)28-17(3)13-16(2)27-28;/h5-13H,4,14-15H2,1-3H3,(H2,23,29,30)(H2,24,25,26);1H. The van der Waals surface area contributed by atoms with Crippen molar-refractivity contribution < 1.29 is 8.42 Å². The van der Waals surface area contributed by atoms with E-state index in [2.05, 4.69) is 32.9 Å². The first-order valence-corrected chi connectivity index (χ1v) is 11.6. The summed E-state index contributed by atoms with van der Waals surface area (Å²) in [6.07, 6.45) is 0. The fourth-order valence-corrected chi connectivity index (χ4v) is 3.73. The number of nitrogens with one attached hydrogen (secondary N) is 2. The molecule has 0 fully saturated rings. The number of rotatable bonds is 7. The Labute approximate surface area is 206 Å². The third-order valence-electron chi connectivity index (χ3n) is 4.69. The van der Waals surface area contributed by atoms with E-state index in [9.17, 15) is 8.42 Å². The first-order chi connectivity index (χ1) is 14.8. The molecule has 10 heteroatoms. The minimum absolute atomic E-state index is 0. The fourth-order valence-electron chi connectivity index (χ4n) is 3.22. The number of nitrogens with zero attached hydrogens (tertiary/aromatic N) is 3. The van der Waals surface area contributed by atoms with Crippen molar-refractivity contribution in [1.29, 1.82) is 0 Å². The van der Waals surface area contributed by atoms with Gasteiger partial charge in [0.1, 0.15) is 0 Å². The molecule has 0 saturated carbocycles. The van der Waals surface area contributed by atoms with Gasteiger partial charge in [-0.25, -0.2) is 23.2 Å². The maximum atomic E-state index is 11.4. The third-order valence-corrected chi connectivity index (χ3v) is 5.62. The summed E-state index contributed by atoms with van der Waals surface area (Å²) in [6.45, 7) is 7.72. The molecule has 2 aromatic carbocycles. The topological polar surface area (TPSA) is 114 Å². The first kappa shape index (κ1) is 25.8. The molecule has 1 aromatic heterocycles. The molecule has 0 aliphatic rings. The minimum Gasteiger partial charge on any atom is -0.357 e. The van der Waals surface area contributed by atoms with Gasteiger partial charge < -0.3 is 10.6 Å². The van der Waals surface area contributed by atoms with Crippen molar-refractivity contribution in [2.75, 3.05) is 6.54 Å². The third kappa shape index (κ3) is 6.78. The van der Waals surface area contributed by atoms with E-state index in [1.54, 1.807) is 12.1 Å². The zero-order valence-corrected chi connectivity index (χ0v) is 21.5. The molecule has 0 atom stereocenters. The van der Waals surface area contributed by atoms with Gasteiger partial charge in [-0.05, 0) is 56.2 Å². The summed E-state index contributed by atoms with van der Waals surface area (Å²) in [4.78, 5) is 4.69. The molecule has 32 heavy (non-hydrogen) atoms. The van der Waals surface area contributed by atoms with Crippen molar-refractivity contribution in [2.24, 2.45) is 10.1 Å². The maximum absolute atomic E-state index is 11.4. The second-order valence-electron chi connectivity index (χ2n) is 7.21. The lowest BCUT2D eigenvalue weighted by Crippen LogP contribution is -2.37.